The van der Waals surface area contributed by atoms with E-state index in [9.17, 15) is 4.79 Å². The number of carbonyl (C=O) groups is 1. The van der Waals surface area contributed by atoms with Gasteiger partial charge in [-0.05, 0) is 12.1 Å². The third-order valence-electron chi connectivity index (χ3n) is 2.04. The lowest BCUT2D eigenvalue weighted by atomic mass is 10.2. The number of rotatable bonds is 4. The van der Waals surface area contributed by atoms with E-state index in [4.69, 9.17) is 9.84 Å². The molecule has 0 saturated carbocycles. The standard InChI is InChI=1S/C10H9N3O3S/c1-16-8-4-6(2-3-7(8)9(14)15)12-10-13-11-5-17-10/h2-5H,1H3,(H,12,13)(H,14,15). The normalized spacial score (nSPS) is 9.94. The monoisotopic (exact) mass is 251 g/mol. The van der Waals surface area contributed by atoms with Crippen molar-refractivity contribution in [1.82, 2.24) is 10.2 Å². The quantitative estimate of drug-likeness (QED) is 0.864. The summed E-state index contributed by atoms with van der Waals surface area (Å²) in [4.78, 5) is 10.9. The fraction of sp³-hybridized carbons (Fsp3) is 0.100. The molecule has 1 aromatic carbocycles. The molecule has 1 heterocycles. The number of benzene rings is 1. The lowest BCUT2D eigenvalue weighted by Crippen LogP contribution is -2.01. The van der Waals surface area contributed by atoms with Gasteiger partial charge in [0.25, 0.3) is 0 Å². The Kier molecular flexibility index (Phi) is 3.20. The van der Waals surface area contributed by atoms with Gasteiger partial charge in [0.1, 0.15) is 16.8 Å². The first kappa shape index (κ1) is 11.3. The van der Waals surface area contributed by atoms with Gasteiger partial charge in [-0.3, -0.25) is 0 Å². The molecule has 0 spiro atoms. The Bertz CT molecular complexity index is 528. The van der Waals surface area contributed by atoms with Gasteiger partial charge in [-0.15, -0.1) is 10.2 Å². The summed E-state index contributed by atoms with van der Waals surface area (Å²) in [6, 6.07) is 4.72. The van der Waals surface area contributed by atoms with Crippen LogP contribution in [-0.4, -0.2) is 28.4 Å². The predicted molar refractivity (Wildman–Crippen MR) is 63.1 cm³/mol. The molecule has 0 radical (unpaired) electrons. The van der Waals surface area contributed by atoms with Crippen LogP contribution in [0.1, 0.15) is 10.4 Å². The summed E-state index contributed by atoms with van der Waals surface area (Å²) in [7, 11) is 1.43. The maximum Gasteiger partial charge on any atom is 0.339 e. The van der Waals surface area contributed by atoms with E-state index in [-0.39, 0.29) is 5.56 Å². The predicted octanol–water partition coefficient (Wildman–Crippen LogP) is 1.99. The number of nitrogens with one attached hydrogen (secondary N) is 1. The summed E-state index contributed by atoms with van der Waals surface area (Å²) in [5.74, 6) is -0.726. The zero-order chi connectivity index (χ0) is 12.3. The van der Waals surface area contributed by atoms with Crippen molar-refractivity contribution in [1.29, 1.82) is 0 Å². The highest BCUT2D eigenvalue weighted by atomic mass is 32.1. The number of aromatic nitrogens is 2. The second-order valence-corrected chi connectivity index (χ2v) is 3.92. The molecule has 17 heavy (non-hydrogen) atoms. The SMILES string of the molecule is COc1cc(Nc2nncs2)ccc1C(=O)O. The van der Waals surface area contributed by atoms with Gasteiger partial charge in [-0.25, -0.2) is 4.79 Å². The molecule has 2 rings (SSSR count). The van der Waals surface area contributed by atoms with E-state index in [0.717, 1.165) is 0 Å². The number of anilines is 2. The van der Waals surface area contributed by atoms with Crippen molar-refractivity contribution in [2.75, 3.05) is 12.4 Å². The summed E-state index contributed by atoms with van der Waals surface area (Å²) in [5.41, 5.74) is 2.42. The fourth-order valence-electron chi connectivity index (χ4n) is 1.30. The highest BCUT2D eigenvalue weighted by molar-refractivity contribution is 7.13. The fourth-order valence-corrected chi connectivity index (χ4v) is 1.76. The molecule has 0 fully saturated rings. The minimum absolute atomic E-state index is 0.121. The average molecular weight is 251 g/mol. The van der Waals surface area contributed by atoms with E-state index < -0.39 is 5.97 Å². The van der Waals surface area contributed by atoms with Crippen LogP contribution in [-0.2, 0) is 0 Å². The number of methoxy groups -OCH3 is 1. The summed E-state index contributed by atoms with van der Waals surface area (Å²) >= 11 is 1.35. The van der Waals surface area contributed by atoms with Crippen molar-refractivity contribution in [3.8, 4) is 5.75 Å². The molecule has 0 aliphatic rings. The topological polar surface area (TPSA) is 84.3 Å². The van der Waals surface area contributed by atoms with Crippen molar-refractivity contribution in [2.45, 2.75) is 0 Å². The molecule has 6 nitrogen and oxygen atoms in total. The zero-order valence-corrected chi connectivity index (χ0v) is 9.69. The Labute approximate surface area is 101 Å². The van der Waals surface area contributed by atoms with Gasteiger partial charge in [-0.1, -0.05) is 11.3 Å². The lowest BCUT2D eigenvalue weighted by molar-refractivity contribution is 0.0693. The molecule has 7 heteroatoms. The molecule has 2 N–H and O–H groups in total. The van der Waals surface area contributed by atoms with E-state index in [2.05, 4.69) is 15.5 Å². The molecule has 0 atom stereocenters. The van der Waals surface area contributed by atoms with Crippen LogP contribution in [0.2, 0.25) is 0 Å². The Hall–Kier alpha value is -2.15. The van der Waals surface area contributed by atoms with Gasteiger partial charge >= 0.3 is 5.97 Å². The first-order valence-corrected chi connectivity index (χ1v) is 5.53. The Morgan fingerprint density at radius 2 is 2.35 bits per heavy atom. The van der Waals surface area contributed by atoms with Crippen LogP contribution in [0.3, 0.4) is 0 Å². The van der Waals surface area contributed by atoms with Gasteiger partial charge in [0.05, 0.1) is 7.11 Å². The number of aromatic carboxylic acids is 1. The van der Waals surface area contributed by atoms with Crippen LogP contribution < -0.4 is 10.1 Å². The molecular weight excluding hydrogens is 242 g/mol. The largest absolute Gasteiger partial charge is 0.496 e. The van der Waals surface area contributed by atoms with E-state index >= 15 is 0 Å². The van der Waals surface area contributed by atoms with Gasteiger partial charge in [0.15, 0.2) is 0 Å². The molecule has 0 aliphatic carbocycles. The molecule has 0 amide bonds. The Balaban J connectivity index is 2.28. The van der Waals surface area contributed by atoms with Crippen LogP contribution in [0.5, 0.6) is 5.75 Å². The van der Waals surface area contributed by atoms with E-state index in [1.54, 1.807) is 17.6 Å². The number of carboxylic acids is 1. The first-order chi connectivity index (χ1) is 8.20. The first-order valence-electron chi connectivity index (χ1n) is 4.65. The van der Waals surface area contributed by atoms with E-state index in [0.29, 0.717) is 16.6 Å². The molecular formula is C10H9N3O3S. The van der Waals surface area contributed by atoms with Gasteiger partial charge < -0.3 is 15.2 Å². The summed E-state index contributed by atoms with van der Waals surface area (Å²) in [5, 5.41) is 20.1. The van der Waals surface area contributed by atoms with Crippen molar-refractivity contribution in [3.05, 3.63) is 29.3 Å². The summed E-state index contributed by atoms with van der Waals surface area (Å²) in [6.45, 7) is 0. The van der Waals surface area contributed by atoms with Gasteiger partial charge in [-0.2, -0.15) is 0 Å². The molecule has 0 aliphatic heterocycles. The van der Waals surface area contributed by atoms with Gasteiger partial charge in [0, 0.05) is 11.8 Å². The zero-order valence-electron chi connectivity index (χ0n) is 8.88. The van der Waals surface area contributed by atoms with Crippen LogP contribution in [0.25, 0.3) is 0 Å². The molecule has 1 aromatic heterocycles. The van der Waals surface area contributed by atoms with Crippen LogP contribution in [0.4, 0.5) is 10.8 Å². The second-order valence-electron chi connectivity index (χ2n) is 3.09. The lowest BCUT2D eigenvalue weighted by Gasteiger charge is -2.07. The van der Waals surface area contributed by atoms with Crippen molar-refractivity contribution >= 4 is 28.1 Å². The number of hydrogen-bond donors (Lipinski definition) is 2. The molecule has 2 aromatic rings. The summed E-state index contributed by atoms with van der Waals surface area (Å²) in [6.07, 6.45) is 0. The smallest absolute Gasteiger partial charge is 0.339 e. The van der Waals surface area contributed by atoms with Crippen molar-refractivity contribution in [3.63, 3.8) is 0 Å². The average Bonchev–Trinajstić information content (AvgIpc) is 2.81. The van der Waals surface area contributed by atoms with Crippen LogP contribution >= 0.6 is 11.3 Å². The second kappa shape index (κ2) is 4.79. The number of carboxylic acid groups (broad SMARTS) is 1. The summed E-state index contributed by atoms with van der Waals surface area (Å²) < 4.78 is 5.01. The minimum Gasteiger partial charge on any atom is -0.496 e. The minimum atomic E-state index is -1.02. The highest BCUT2D eigenvalue weighted by Crippen LogP contribution is 2.25. The maximum absolute atomic E-state index is 10.9. The third kappa shape index (κ3) is 2.51. The highest BCUT2D eigenvalue weighted by Gasteiger charge is 2.11. The Morgan fingerprint density at radius 1 is 1.53 bits per heavy atom. The van der Waals surface area contributed by atoms with Crippen molar-refractivity contribution in [2.24, 2.45) is 0 Å². The molecule has 0 unspecified atom stereocenters. The number of hydrogen-bond acceptors (Lipinski definition) is 6. The Morgan fingerprint density at radius 3 is 2.94 bits per heavy atom. The van der Waals surface area contributed by atoms with E-state index in [1.165, 1.54) is 24.5 Å². The van der Waals surface area contributed by atoms with Crippen LogP contribution in [0.15, 0.2) is 23.7 Å². The third-order valence-corrected chi connectivity index (χ3v) is 2.65. The molecule has 88 valence electrons. The molecule has 0 bridgehead atoms. The number of nitrogens with zero attached hydrogens (tertiary/aromatic N) is 2. The molecule has 0 saturated heterocycles. The van der Waals surface area contributed by atoms with Gasteiger partial charge in [0.2, 0.25) is 5.13 Å². The number of ether oxygens (including phenoxy) is 1. The van der Waals surface area contributed by atoms with E-state index in [1.807, 2.05) is 0 Å². The maximum atomic E-state index is 10.9. The van der Waals surface area contributed by atoms with Crippen LogP contribution in [0, 0.1) is 0 Å². The van der Waals surface area contributed by atoms with Crippen molar-refractivity contribution < 1.29 is 14.6 Å².